The molecule has 1 heterocycles. The Balaban J connectivity index is 2.77. The van der Waals surface area contributed by atoms with E-state index < -0.39 is 0 Å². The fourth-order valence-electron chi connectivity index (χ4n) is 2.61. The van der Waals surface area contributed by atoms with Gasteiger partial charge in [0.1, 0.15) is 6.29 Å². The fraction of sp³-hybridized carbons (Fsp3) is 0.750. The molecule has 2 atom stereocenters. The Labute approximate surface area is 87.0 Å². The Bertz CT molecular complexity index is 224. The first-order chi connectivity index (χ1) is 6.62. The molecule has 0 bridgehead atoms. The van der Waals surface area contributed by atoms with Gasteiger partial charge in [-0.25, -0.2) is 0 Å². The zero-order valence-electron chi connectivity index (χ0n) is 9.49. The molecule has 0 saturated carbocycles. The minimum atomic E-state index is 0.183. The maximum Gasteiger partial charge on any atom is 0.142 e. The van der Waals surface area contributed by atoms with Gasteiger partial charge in [-0.3, -0.25) is 4.79 Å². The van der Waals surface area contributed by atoms with Gasteiger partial charge in [0.2, 0.25) is 0 Å². The van der Waals surface area contributed by atoms with Crippen molar-refractivity contribution in [3.63, 3.8) is 0 Å². The molecule has 0 aliphatic carbocycles. The molecule has 0 N–H and O–H groups in total. The zero-order valence-corrected chi connectivity index (χ0v) is 9.49. The van der Waals surface area contributed by atoms with Crippen molar-refractivity contribution in [3.8, 4) is 0 Å². The van der Waals surface area contributed by atoms with Crippen LogP contribution in [0, 0.1) is 11.3 Å². The smallest absolute Gasteiger partial charge is 0.142 e. The van der Waals surface area contributed by atoms with Crippen LogP contribution in [0.15, 0.2) is 12.2 Å². The summed E-state index contributed by atoms with van der Waals surface area (Å²) in [5, 5.41) is 0. The second kappa shape index (κ2) is 4.74. The summed E-state index contributed by atoms with van der Waals surface area (Å²) >= 11 is 0. The molecule has 1 aliphatic rings. The van der Waals surface area contributed by atoms with E-state index in [0.717, 1.165) is 18.7 Å². The highest BCUT2D eigenvalue weighted by Crippen LogP contribution is 2.38. The number of hydrogen-bond donors (Lipinski definition) is 0. The van der Waals surface area contributed by atoms with Gasteiger partial charge in [0.25, 0.3) is 0 Å². The van der Waals surface area contributed by atoms with Crippen molar-refractivity contribution < 1.29 is 4.79 Å². The summed E-state index contributed by atoms with van der Waals surface area (Å²) in [5.74, 6) is 0.717. The van der Waals surface area contributed by atoms with Gasteiger partial charge in [0.05, 0.1) is 0 Å². The summed E-state index contributed by atoms with van der Waals surface area (Å²) < 4.78 is 0. The first-order valence-electron chi connectivity index (χ1n) is 5.44. The number of piperidine rings is 1. The van der Waals surface area contributed by atoms with E-state index >= 15 is 0 Å². The van der Waals surface area contributed by atoms with E-state index in [1.165, 1.54) is 19.4 Å². The Hall–Kier alpha value is -0.630. The molecule has 0 radical (unpaired) electrons. The molecule has 1 saturated heterocycles. The summed E-state index contributed by atoms with van der Waals surface area (Å²) in [6, 6.07) is 0. The van der Waals surface area contributed by atoms with Gasteiger partial charge in [-0.15, -0.1) is 0 Å². The Morgan fingerprint density at radius 3 is 2.86 bits per heavy atom. The Kier molecular flexibility index (Phi) is 3.87. The van der Waals surface area contributed by atoms with Crippen LogP contribution < -0.4 is 0 Å². The quantitative estimate of drug-likeness (QED) is 0.508. The van der Waals surface area contributed by atoms with E-state index in [1.54, 1.807) is 6.08 Å². The fourth-order valence-corrected chi connectivity index (χ4v) is 2.61. The highest BCUT2D eigenvalue weighted by Gasteiger charge is 2.35. The van der Waals surface area contributed by atoms with Crippen molar-refractivity contribution in [1.29, 1.82) is 0 Å². The lowest BCUT2D eigenvalue weighted by Gasteiger charge is -2.43. The lowest BCUT2D eigenvalue weighted by molar-refractivity contribution is -0.104. The average molecular weight is 195 g/mol. The van der Waals surface area contributed by atoms with Crippen molar-refractivity contribution >= 4 is 6.29 Å². The second-order valence-electron chi connectivity index (χ2n) is 4.63. The molecule has 0 amide bonds. The number of allylic oxidation sites excluding steroid dienone is 1. The number of nitrogens with zero attached hydrogens (tertiary/aromatic N) is 1. The van der Waals surface area contributed by atoms with Gasteiger partial charge in [0, 0.05) is 12.0 Å². The average Bonchev–Trinajstić information content (AvgIpc) is 2.15. The molecule has 1 rings (SSSR count). The highest BCUT2D eigenvalue weighted by molar-refractivity contribution is 5.64. The molecular formula is C12H21NO. The summed E-state index contributed by atoms with van der Waals surface area (Å²) in [6.45, 7) is 6.75. The van der Waals surface area contributed by atoms with Crippen LogP contribution in [0.5, 0.6) is 0 Å². The van der Waals surface area contributed by atoms with Crippen LogP contribution in [-0.4, -0.2) is 31.3 Å². The molecule has 80 valence electrons. The number of carbonyl (C=O) groups excluding carboxylic acids is 1. The molecule has 0 aromatic carbocycles. The van der Waals surface area contributed by atoms with E-state index in [-0.39, 0.29) is 5.41 Å². The van der Waals surface area contributed by atoms with Crippen molar-refractivity contribution in [1.82, 2.24) is 4.90 Å². The van der Waals surface area contributed by atoms with Gasteiger partial charge >= 0.3 is 0 Å². The SMILES string of the molecule is CCC1CCN(C)CC1(C)/C=C\C=O. The van der Waals surface area contributed by atoms with Crippen molar-refractivity contribution in [2.75, 3.05) is 20.1 Å². The van der Waals surface area contributed by atoms with Crippen molar-refractivity contribution in [3.05, 3.63) is 12.2 Å². The highest BCUT2D eigenvalue weighted by atomic mass is 16.1. The third-order valence-electron chi connectivity index (χ3n) is 3.45. The molecule has 0 aromatic rings. The van der Waals surface area contributed by atoms with Crippen LogP contribution >= 0.6 is 0 Å². The largest absolute Gasteiger partial charge is 0.305 e. The van der Waals surface area contributed by atoms with Gasteiger partial charge in [-0.2, -0.15) is 0 Å². The summed E-state index contributed by atoms with van der Waals surface area (Å²) in [6.07, 6.45) is 7.07. The van der Waals surface area contributed by atoms with E-state index in [0.29, 0.717) is 0 Å². The minimum Gasteiger partial charge on any atom is -0.305 e. The molecule has 2 heteroatoms. The van der Waals surface area contributed by atoms with E-state index in [2.05, 4.69) is 31.9 Å². The van der Waals surface area contributed by atoms with Crippen LogP contribution in [-0.2, 0) is 4.79 Å². The summed E-state index contributed by atoms with van der Waals surface area (Å²) in [5.41, 5.74) is 0.183. The molecule has 2 nitrogen and oxygen atoms in total. The standard InChI is InChI=1S/C12H21NO/c1-4-11-6-8-13(3)10-12(11,2)7-5-9-14/h5,7,9,11H,4,6,8,10H2,1-3H3/b7-5-. The van der Waals surface area contributed by atoms with Crippen LogP contribution in [0.25, 0.3) is 0 Å². The molecule has 0 spiro atoms. The summed E-state index contributed by atoms with van der Waals surface area (Å²) in [4.78, 5) is 12.7. The number of carbonyl (C=O) groups is 1. The topological polar surface area (TPSA) is 20.3 Å². The van der Waals surface area contributed by atoms with Gasteiger partial charge < -0.3 is 4.90 Å². The van der Waals surface area contributed by atoms with Crippen LogP contribution in [0.2, 0.25) is 0 Å². The zero-order chi connectivity index (χ0) is 10.6. The number of likely N-dealkylation sites (tertiary alicyclic amines) is 1. The second-order valence-corrected chi connectivity index (χ2v) is 4.63. The molecule has 2 unspecified atom stereocenters. The lowest BCUT2D eigenvalue weighted by Crippen LogP contribution is -2.44. The Morgan fingerprint density at radius 1 is 1.57 bits per heavy atom. The molecule has 1 aliphatic heterocycles. The normalized spacial score (nSPS) is 34.9. The summed E-state index contributed by atoms with van der Waals surface area (Å²) in [7, 11) is 2.15. The third-order valence-corrected chi connectivity index (χ3v) is 3.45. The molecule has 0 aromatic heterocycles. The van der Waals surface area contributed by atoms with Gasteiger partial charge in [0.15, 0.2) is 0 Å². The van der Waals surface area contributed by atoms with Crippen LogP contribution in [0.3, 0.4) is 0 Å². The van der Waals surface area contributed by atoms with Crippen molar-refractivity contribution in [2.24, 2.45) is 11.3 Å². The first kappa shape index (κ1) is 11.4. The molecule has 14 heavy (non-hydrogen) atoms. The van der Waals surface area contributed by atoms with E-state index in [4.69, 9.17) is 0 Å². The van der Waals surface area contributed by atoms with Crippen LogP contribution in [0.1, 0.15) is 26.7 Å². The van der Waals surface area contributed by atoms with E-state index in [1.807, 2.05) is 0 Å². The van der Waals surface area contributed by atoms with Crippen LogP contribution in [0.4, 0.5) is 0 Å². The predicted molar refractivity (Wildman–Crippen MR) is 59.2 cm³/mol. The number of rotatable bonds is 3. The molecular weight excluding hydrogens is 174 g/mol. The number of hydrogen-bond acceptors (Lipinski definition) is 2. The molecule has 1 fully saturated rings. The first-order valence-corrected chi connectivity index (χ1v) is 5.44. The van der Waals surface area contributed by atoms with Crippen molar-refractivity contribution in [2.45, 2.75) is 26.7 Å². The van der Waals surface area contributed by atoms with E-state index in [9.17, 15) is 4.79 Å². The number of aldehydes is 1. The monoisotopic (exact) mass is 195 g/mol. The minimum absolute atomic E-state index is 0.183. The third kappa shape index (κ3) is 2.44. The maximum absolute atomic E-state index is 10.4. The van der Waals surface area contributed by atoms with Gasteiger partial charge in [-0.1, -0.05) is 26.3 Å². The maximum atomic E-state index is 10.4. The van der Waals surface area contributed by atoms with Gasteiger partial charge in [-0.05, 0) is 32.0 Å². The lowest BCUT2D eigenvalue weighted by atomic mass is 9.71. The predicted octanol–water partition coefficient (Wildman–Crippen LogP) is 2.11. The Morgan fingerprint density at radius 2 is 2.29 bits per heavy atom.